The fourth-order valence-electron chi connectivity index (χ4n) is 3.43. The zero-order valence-electron chi connectivity index (χ0n) is 15.8. The van der Waals surface area contributed by atoms with Gasteiger partial charge in [0.05, 0.1) is 10.7 Å². The van der Waals surface area contributed by atoms with Crippen molar-refractivity contribution in [1.29, 1.82) is 0 Å². The van der Waals surface area contributed by atoms with Gasteiger partial charge >= 0.3 is 0 Å². The van der Waals surface area contributed by atoms with E-state index in [9.17, 15) is 12.8 Å². The molecule has 3 rings (SSSR count). The van der Waals surface area contributed by atoms with Crippen LogP contribution in [-0.4, -0.2) is 45.0 Å². The van der Waals surface area contributed by atoms with Crippen LogP contribution in [0.5, 0.6) is 0 Å². The van der Waals surface area contributed by atoms with Crippen LogP contribution in [-0.2, 0) is 10.0 Å². The summed E-state index contributed by atoms with van der Waals surface area (Å²) in [5.41, 5.74) is 0.405. The average Bonchev–Trinajstić information content (AvgIpc) is 3.14. The van der Waals surface area contributed by atoms with Crippen LogP contribution in [0, 0.1) is 11.7 Å². The van der Waals surface area contributed by atoms with Crippen LogP contribution in [0.25, 0.3) is 0 Å². The standard InChI is InChI=1S/C18H24ClFN4O2S2/c1-24(2)13-5-3-12(4-6-13)11-22-16-10-15(20)17(9-14(16)19)28(25,26)23-18-21-7-8-27-18/h7-10,12-13,22H,3-6,11H2,1-2H3,(H,21,23). The van der Waals surface area contributed by atoms with Crippen LogP contribution in [0.3, 0.4) is 0 Å². The predicted octanol–water partition coefficient (Wildman–Crippen LogP) is 4.27. The van der Waals surface area contributed by atoms with E-state index in [1.165, 1.54) is 6.20 Å². The number of aromatic nitrogens is 1. The molecule has 2 aromatic rings. The van der Waals surface area contributed by atoms with Crippen molar-refractivity contribution in [2.75, 3.05) is 30.7 Å². The molecule has 28 heavy (non-hydrogen) atoms. The lowest BCUT2D eigenvalue weighted by molar-refractivity contribution is 0.198. The van der Waals surface area contributed by atoms with Crippen LogP contribution in [0.15, 0.2) is 28.6 Å². The minimum absolute atomic E-state index is 0.169. The topological polar surface area (TPSA) is 74.3 Å². The summed E-state index contributed by atoms with van der Waals surface area (Å²) in [4.78, 5) is 5.61. The number of nitrogens with one attached hydrogen (secondary N) is 2. The molecule has 1 saturated carbocycles. The van der Waals surface area contributed by atoms with Crippen LogP contribution in [0.4, 0.5) is 15.2 Å². The smallest absolute Gasteiger partial charge is 0.266 e. The van der Waals surface area contributed by atoms with Crippen molar-refractivity contribution in [3.05, 3.63) is 34.5 Å². The highest BCUT2D eigenvalue weighted by molar-refractivity contribution is 7.93. The molecule has 2 N–H and O–H groups in total. The third kappa shape index (κ3) is 5.14. The maximum absolute atomic E-state index is 14.5. The molecule has 0 amide bonds. The van der Waals surface area contributed by atoms with Gasteiger partial charge in [-0.25, -0.2) is 17.8 Å². The molecule has 1 aromatic carbocycles. The minimum Gasteiger partial charge on any atom is -0.383 e. The Morgan fingerprint density at radius 2 is 2.00 bits per heavy atom. The number of thiazole rings is 1. The van der Waals surface area contributed by atoms with Gasteiger partial charge in [-0.3, -0.25) is 4.72 Å². The molecule has 0 saturated heterocycles. The molecule has 10 heteroatoms. The second-order valence-electron chi connectivity index (χ2n) is 7.22. The molecule has 0 radical (unpaired) electrons. The van der Waals surface area contributed by atoms with Gasteiger partial charge in [-0.15, -0.1) is 11.3 Å². The number of halogens is 2. The fourth-order valence-corrected chi connectivity index (χ4v) is 5.60. The molecule has 1 fully saturated rings. The monoisotopic (exact) mass is 446 g/mol. The molecular weight excluding hydrogens is 423 g/mol. The van der Waals surface area contributed by atoms with Crippen molar-refractivity contribution >= 4 is 43.8 Å². The van der Waals surface area contributed by atoms with E-state index < -0.39 is 20.7 Å². The lowest BCUT2D eigenvalue weighted by atomic mass is 9.85. The van der Waals surface area contributed by atoms with Crippen molar-refractivity contribution in [3.63, 3.8) is 0 Å². The van der Waals surface area contributed by atoms with E-state index in [4.69, 9.17) is 11.6 Å². The van der Waals surface area contributed by atoms with Gasteiger partial charge in [0.2, 0.25) is 0 Å². The van der Waals surface area contributed by atoms with E-state index in [2.05, 4.69) is 34.0 Å². The Labute approximate surface area is 174 Å². The summed E-state index contributed by atoms with van der Waals surface area (Å²) < 4.78 is 41.6. The normalized spacial score (nSPS) is 20.3. The second-order valence-corrected chi connectivity index (χ2v) is 10.2. The largest absolute Gasteiger partial charge is 0.383 e. The van der Waals surface area contributed by atoms with Gasteiger partial charge in [0.15, 0.2) is 5.13 Å². The van der Waals surface area contributed by atoms with Crippen molar-refractivity contribution in [2.45, 2.75) is 36.6 Å². The Morgan fingerprint density at radius 3 is 2.61 bits per heavy atom. The quantitative estimate of drug-likeness (QED) is 0.664. The van der Waals surface area contributed by atoms with E-state index in [-0.39, 0.29) is 10.2 Å². The van der Waals surface area contributed by atoms with Crippen molar-refractivity contribution in [2.24, 2.45) is 5.92 Å². The maximum Gasteiger partial charge on any atom is 0.266 e. The average molecular weight is 447 g/mol. The number of hydrogen-bond donors (Lipinski definition) is 2. The molecule has 6 nitrogen and oxygen atoms in total. The van der Waals surface area contributed by atoms with Gasteiger partial charge in [-0.2, -0.15) is 0 Å². The molecule has 154 valence electrons. The van der Waals surface area contributed by atoms with Crippen LogP contribution >= 0.6 is 22.9 Å². The van der Waals surface area contributed by atoms with Gasteiger partial charge in [0.1, 0.15) is 10.7 Å². The van der Waals surface area contributed by atoms with Gasteiger partial charge in [-0.05, 0) is 57.8 Å². The first kappa shape index (κ1) is 21.3. The first-order valence-electron chi connectivity index (χ1n) is 9.08. The fraction of sp³-hybridized carbons (Fsp3) is 0.500. The number of nitrogens with zero attached hydrogens (tertiary/aromatic N) is 2. The number of anilines is 2. The number of rotatable bonds is 7. The van der Waals surface area contributed by atoms with Gasteiger partial charge in [0, 0.05) is 24.2 Å². The summed E-state index contributed by atoms with van der Waals surface area (Å²) in [5.74, 6) is -0.363. The Morgan fingerprint density at radius 1 is 1.29 bits per heavy atom. The van der Waals surface area contributed by atoms with Crippen LogP contribution in [0.1, 0.15) is 25.7 Å². The summed E-state index contributed by atoms with van der Waals surface area (Å²) in [6.07, 6.45) is 5.94. The highest BCUT2D eigenvalue weighted by Crippen LogP contribution is 2.31. The summed E-state index contributed by atoms with van der Waals surface area (Å²) in [7, 11) is 0.107. The molecule has 1 aliphatic rings. The van der Waals surface area contributed by atoms with Crippen molar-refractivity contribution < 1.29 is 12.8 Å². The highest BCUT2D eigenvalue weighted by Gasteiger charge is 2.24. The summed E-state index contributed by atoms with van der Waals surface area (Å²) in [6, 6.07) is 2.90. The molecule has 1 aromatic heterocycles. The molecule has 1 aliphatic carbocycles. The van der Waals surface area contributed by atoms with Gasteiger partial charge in [-0.1, -0.05) is 11.6 Å². The SMILES string of the molecule is CN(C)C1CCC(CNc2cc(F)c(S(=O)(=O)Nc3nccs3)cc2Cl)CC1. The molecule has 1 heterocycles. The lowest BCUT2D eigenvalue weighted by Gasteiger charge is -2.32. The van der Waals surface area contributed by atoms with E-state index in [0.717, 1.165) is 49.2 Å². The number of sulfonamides is 1. The Kier molecular flexibility index (Phi) is 6.80. The van der Waals surface area contributed by atoms with Crippen LogP contribution in [0.2, 0.25) is 5.02 Å². The number of hydrogen-bond acceptors (Lipinski definition) is 6. The van der Waals surface area contributed by atoms with E-state index in [1.54, 1.807) is 5.38 Å². The molecular formula is C18H24ClFN4O2S2. The van der Waals surface area contributed by atoms with Crippen LogP contribution < -0.4 is 10.0 Å². The van der Waals surface area contributed by atoms with Gasteiger partial charge < -0.3 is 10.2 Å². The predicted molar refractivity (Wildman–Crippen MR) is 112 cm³/mol. The molecule has 0 atom stereocenters. The second kappa shape index (κ2) is 8.94. The van der Waals surface area contributed by atoms with Gasteiger partial charge in [0.25, 0.3) is 10.0 Å². The zero-order chi connectivity index (χ0) is 20.3. The highest BCUT2D eigenvalue weighted by atomic mass is 35.5. The molecule has 0 bridgehead atoms. The van der Waals surface area contributed by atoms with E-state index >= 15 is 0 Å². The summed E-state index contributed by atoms with van der Waals surface area (Å²) in [6.45, 7) is 0.683. The zero-order valence-corrected chi connectivity index (χ0v) is 18.2. The molecule has 0 unspecified atom stereocenters. The van der Waals surface area contributed by atoms with Crippen molar-refractivity contribution in [1.82, 2.24) is 9.88 Å². The van der Waals surface area contributed by atoms with E-state index in [1.807, 2.05) is 0 Å². The summed E-state index contributed by atoms with van der Waals surface area (Å²) >= 11 is 7.34. The first-order chi connectivity index (χ1) is 13.3. The van der Waals surface area contributed by atoms with E-state index in [0.29, 0.717) is 24.2 Å². The Balaban J connectivity index is 1.65. The Hall–Kier alpha value is -1.42. The minimum atomic E-state index is -4.10. The maximum atomic E-state index is 14.5. The summed E-state index contributed by atoms with van der Waals surface area (Å²) in [5, 5.41) is 5.15. The first-order valence-corrected chi connectivity index (χ1v) is 11.8. The Bertz CT molecular complexity index is 899. The number of benzene rings is 1. The van der Waals surface area contributed by atoms with Crippen molar-refractivity contribution in [3.8, 4) is 0 Å². The third-order valence-corrected chi connectivity index (χ3v) is 7.58. The molecule has 0 aliphatic heterocycles. The third-order valence-electron chi connectivity index (χ3n) is 5.09. The molecule has 0 spiro atoms. The lowest BCUT2D eigenvalue weighted by Crippen LogP contribution is -2.33.